The summed E-state index contributed by atoms with van der Waals surface area (Å²) in [6, 6.07) is 6.59. The number of hydrogen-bond donors (Lipinski definition) is 7. The number of carbonyl (C=O) groups excluding carboxylic acids is 1. The Labute approximate surface area is 123 Å². The van der Waals surface area contributed by atoms with E-state index in [1.165, 1.54) is 13.0 Å². The Balaban J connectivity index is 0. The van der Waals surface area contributed by atoms with Crippen molar-refractivity contribution in [1.29, 1.82) is 0 Å². The first-order valence-electron chi connectivity index (χ1n) is 5.23. The van der Waals surface area contributed by atoms with E-state index >= 15 is 0 Å². The van der Waals surface area contributed by atoms with Crippen LogP contribution in [-0.2, 0) is 13.3 Å². The monoisotopic (exact) mass is 368 g/mol. The summed E-state index contributed by atoms with van der Waals surface area (Å²) in [6.45, 7) is 1.12. The third-order valence-corrected chi connectivity index (χ3v) is 1.39. The molecule has 0 aliphatic heterocycles. The molecule has 10 nitrogen and oxygen atoms in total. The molecular formula is C10H17AsN2O8. The number of carboxylic acid groups (broad SMARTS) is 1. The van der Waals surface area contributed by atoms with E-state index in [0.717, 1.165) is 0 Å². The molecule has 120 valence electrons. The molecule has 0 bridgehead atoms. The number of nitrogens with two attached hydrogens (primary N) is 1. The van der Waals surface area contributed by atoms with Crippen molar-refractivity contribution < 1.29 is 35.8 Å². The molecule has 0 aliphatic rings. The van der Waals surface area contributed by atoms with Gasteiger partial charge < -0.3 is 21.3 Å². The van der Waals surface area contributed by atoms with Crippen LogP contribution in [0.4, 0.5) is 5.69 Å². The molecule has 1 aromatic carbocycles. The van der Waals surface area contributed by atoms with E-state index in [1.807, 2.05) is 0 Å². The van der Waals surface area contributed by atoms with Gasteiger partial charge in [0.05, 0.1) is 12.2 Å². The van der Waals surface area contributed by atoms with Crippen molar-refractivity contribution in [3.05, 3.63) is 24.3 Å². The van der Waals surface area contributed by atoms with Crippen molar-refractivity contribution in [3.8, 4) is 5.75 Å². The van der Waals surface area contributed by atoms with E-state index < -0.39 is 20.5 Å². The summed E-state index contributed by atoms with van der Waals surface area (Å²) in [5, 5.41) is 19.2. The van der Waals surface area contributed by atoms with Crippen molar-refractivity contribution in [2.75, 3.05) is 11.9 Å². The van der Waals surface area contributed by atoms with E-state index in [-0.39, 0.29) is 18.2 Å². The molecule has 1 aromatic rings. The summed E-state index contributed by atoms with van der Waals surface area (Å²) in [5.74, 6) is -1.07. The van der Waals surface area contributed by atoms with Gasteiger partial charge in [0.1, 0.15) is 5.75 Å². The van der Waals surface area contributed by atoms with Crippen molar-refractivity contribution in [2.24, 2.45) is 5.73 Å². The predicted octanol–water partition coefficient (Wildman–Crippen LogP) is -1.79. The first kappa shape index (κ1) is 21.5. The number of para-hydroxylation sites is 2. The summed E-state index contributed by atoms with van der Waals surface area (Å²) in [5.41, 5.74) is 5.02. The minimum absolute atomic E-state index is 0.0858. The van der Waals surface area contributed by atoms with Crippen LogP contribution >= 0.6 is 0 Å². The normalized spacial score (nSPS) is 9.38. The van der Waals surface area contributed by atoms with Gasteiger partial charge in [-0.15, -0.1) is 0 Å². The predicted molar refractivity (Wildman–Crippen MR) is 72.2 cm³/mol. The number of phenols is 1. The van der Waals surface area contributed by atoms with E-state index in [2.05, 4.69) is 11.1 Å². The third kappa shape index (κ3) is 20.6. The second-order valence-electron chi connectivity index (χ2n) is 3.31. The number of carboxylic acids is 1. The molecule has 0 aromatic heterocycles. The molecule has 21 heavy (non-hydrogen) atoms. The Kier molecular flexibility index (Phi) is 11.1. The quantitative estimate of drug-likeness (QED) is 0.233. The summed E-state index contributed by atoms with van der Waals surface area (Å²) in [7, 11) is 0. The molecule has 0 fully saturated rings. The van der Waals surface area contributed by atoms with Gasteiger partial charge in [0.2, 0.25) is 5.91 Å². The zero-order chi connectivity index (χ0) is 17.1. The molecule has 0 unspecified atom stereocenters. The number of aromatic hydroxyl groups is 1. The molecule has 0 radical (unpaired) electrons. The number of anilines is 1. The average Bonchev–Trinajstić information content (AvgIpc) is 2.30. The summed E-state index contributed by atoms with van der Waals surface area (Å²) in [6.07, 6.45) is 0. The Morgan fingerprint density at radius 3 is 1.90 bits per heavy atom. The minimum atomic E-state index is -5.12. The molecule has 0 atom stereocenters. The topological polar surface area (TPSA) is 190 Å². The number of benzene rings is 1. The molecule has 0 saturated carbocycles. The van der Waals surface area contributed by atoms with Crippen molar-refractivity contribution >= 4 is 32.1 Å². The molecule has 0 saturated heterocycles. The second-order valence-corrected chi connectivity index (χ2v) is 5.46. The van der Waals surface area contributed by atoms with Gasteiger partial charge in [0, 0.05) is 6.92 Å². The third-order valence-electron chi connectivity index (χ3n) is 1.39. The molecule has 0 aliphatic carbocycles. The molecule has 11 heteroatoms. The first-order chi connectivity index (χ1) is 9.47. The van der Waals surface area contributed by atoms with Crippen LogP contribution in [0.5, 0.6) is 5.75 Å². The van der Waals surface area contributed by atoms with E-state index in [9.17, 15) is 9.59 Å². The molecule has 1 rings (SSSR count). The average molecular weight is 368 g/mol. The van der Waals surface area contributed by atoms with Crippen LogP contribution in [0.25, 0.3) is 0 Å². The van der Waals surface area contributed by atoms with Crippen LogP contribution in [0.2, 0.25) is 0 Å². The van der Waals surface area contributed by atoms with Gasteiger partial charge in [0.25, 0.3) is 0 Å². The zero-order valence-corrected chi connectivity index (χ0v) is 12.9. The fraction of sp³-hybridized carbons (Fsp3) is 0.200. The van der Waals surface area contributed by atoms with Crippen molar-refractivity contribution in [2.45, 2.75) is 6.92 Å². The van der Waals surface area contributed by atoms with Crippen LogP contribution in [0.1, 0.15) is 6.92 Å². The standard InChI is InChI=1S/C8H9NO2.C2H5NO2.AsH3O4/c1-6(10)9-7-4-2-3-5-8(7)11;3-1-2(4)5;2-1(3,4)5/h2-5,11H,1H3,(H,9,10);1,3H2,(H,4,5);(H3,2,3,4,5). The molecule has 0 spiro atoms. The Morgan fingerprint density at radius 2 is 1.62 bits per heavy atom. The second kappa shape index (κ2) is 10.9. The summed E-state index contributed by atoms with van der Waals surface area (Å²) < 4.78 is 30.7. The van der Waals surface area contributed by atoms with Crippen molar-refractivity contribution in [1.82, 2.24) is 0 Å². The fourth-order valence-electron chi connectivity index (χ4n) is 0.769. The van der Waals surface area contributed by atoms with Crippen molar-refractivity contribution in [3.63, 3.8) is 0 Å². The van der Waals surface area contributed by atoms with E-state index in [1.54, 1.807) is 18.2 Å². The first-order valence-corrected chi connectivity index (χ1v) is 8.51. The number of carbonyl (C=O) groups is 2. The number of rotatable bonds is 2. The summed E-state index contributed by atoms with van der Waals surface area (Å²) in [4.78, 5) is 19.8. The SMILES string of the molecule is CC(=O)Nc1ccccc1O.NCC(=O)O.O=[As](O)(O)O. The summed E-state index contributed by atoms with van der Waals surface area (Å²) >= 11 is -5.12. The zero-order valence-electron chi connectivity index (χ0n) is 11.0. The maximum absolute atomic E-state index is 10.5. The van der Waals surface area contributed by atoms with E-state index in [0.29, 0.717) is 5.69 Å². The van der Waals surface area contributed by atoms with Gasteiger partial charge in [-0.25, -0.2) is 0 Å². The fourth-order valence-corrected chi connectivity index (χ4v) is 0.769. The number of aliphatic carboxylic acids is 1. The van der Waals surface area contributed by atoms with Crippen LogP contribution < -0.4 is 11.1 Å². The van der Waals surface area contributed by atoms with E-state index in [4.69, 9.17) is 26.2 Å². The number of phenolic OH excluding ortho intramolecular Hbond substituents is 1. The molecular weight excluding hydrogens is 351 g/mol. The molecule has 8 N–H and O–H groups in total. The Bertz CT molecular complexity index is 493. The van der Waals surface area contributed by atoms with Gasteiger partial charge in [-0.05, 0) is 12.1 Å². The number of amides is 1. The van der Waals surface area contributed by atoms with Gasteiger partial charge in [0.15, 0.2) is 0 Å². The Morgan fingerprint density at radius 1 is 1.24 bits per heavy atom. The van der Waals surface area contributed by atoms with Crippen LogP contribution in [0, 0.1) is 0 Å². The maximum atomic E-state index is 10.5. The van der Waals surface area contributed by atoms with Crippen LogP contribution in [0.15, 0.2) is 24.3 Å². The van der Waals surface area contributed by atoms with Crippen LogP contribution in [-0.4, -0.2) is 55.4 Å². The van der Waals surface area contributed by atoms with Crippen LogP contribution in [0.3, 0.4) is 0 Å². The van der Waals surface area contributed by atoms with Gasteiger partial charge in [-0.1, -0.05) is 12.1 Å². The molecule has 1 amide bonds. The van der Waals surface area contributed by atoms with Gasteiger partial charge in [-0.2, -0.15) is 0 Å². The van der Waals surface area contributed by atoms with Gasteiger partial charge >= 0.3 is 36.5 Å². The number of hydrogen-bond acceptors (Lipinski definition) is 5. The van der Waals surface area contributed by atoms with Gasteiger partial charge in [-0.3, -0.25) is 9.59 Å². The molecule has 0 heterocycles. The Hall–Kier alpha value is -1.84. The number of nitrogens with one attached hydrogen (secondary N) is 1.